The largest absolute Gasteiger partial charge is 0.228 e. The third-order valence-corrected chi connectivity index (χ3v) is 14.5. The predicted octanol–water partition coefficient (Wildman–Crippen LogP) is 16.6. The molecule has 12 aromatic rings. The van der Waals surface area contributed by atoms with Gasteiger partial charge in [0.05, 0.1) is 16.8 Å². The number of rotatable bonds is 5. The Hall–Kier alpha value is -8.72. The van der Waals surface area contributed by atoms with Crippen LogP contribution in [0.1, 0.15) is 22.3 Å². The molecule has 1 heterocycles. The van der Waals surface area contributed by atoms with E-state index in [0.717, 1.165) is 33.6 Å². The van der Waals surface area contributed by atoms with Crippen molar-refractivity contribution in [3.05, 3.63) is 265 Å². The lowest BCUT2D eigenvalue weighted by Crippen LogP contribution is -2.25. The van der Waals surface area contributed by atoms with E-state index in [1.54, 1.807) is 0 Å². The third-order valence-electron chi connectivity index (χ3n) is 14.5. The zero-order chi connectivity index (χ0) is 44.1. The Kier molecular flexibility index (Phi) is 8.23. The second kappa shape index (κ2) is 14.7. The summed E-state index contributed by atoms with van der Waals surface area (Å²) in [7, 11) is 0. The molecule has 0 N–H and O–H groups in total. The third kappa shape index (κ3) is 5.63. The van der Waals surface area contributed by atoms with E-state index in [1.807, 2.05) is 0 Å². The van der Waals surface area contributed by atoms with Gasteiger partial charge in [-0.2, -0.15) is 0 Å². The smallest absolute Gasteiger partial charge is 0.160 e. The monoisotopic (exact) mass is 848 g/mol. The van der Waals surface area contributed by atoms with Crippen molar-refractivity contribution in [2.45, 2.75) is 5.41 Å². The van der Waals surface area contributed by atoms with E-state index in [0.29, 0.717) is 5.82 Å². The molecule has 310 valence electrons. The molecule has 1 spiro atoms. The highest BCUT2D eigenvalue weighted by Crippen LogP contribution is 2.63. The van der Waals surface area contributed by atoms with E-state index < -0.39 is 5.41 Å². The van der Waals surface area contributed by atoms with Crippen molar-refractivity contribution in [1.82, 2.24) is 9.97 Å². The number of hydrogen-bond acceptors (Lipinski definition) is 2. The van der Waals surface area contributed by atoms with Crippen molar-refractivity contribution >= 4 is 32.3 Å². The number of nitrogens with zero attached hydrogens (tertiary/aromatic N) is 2. The van der Waals surface area contributed by atoms with Crippen LogP contribution in [0.25, 0.3) is 111 Å². The number of fused-ring (bicyclic) bond motifs is 14. The summed E-state index contributed by atoms with van der Waals surface area (Å²) in [6.07, 6.45) is 0. The fraction of sp³-hybridized carbons (Fsp3) is 0.0154. The summed E-state index contributed by atoms with van der Waals surface area (Å²) >= 11 is 0. The number of aromatic nitrogens is 2. The average Bonchev–Trinajstić information content (AvgIpc) is 3.87. The van der Waals surface area contributed by atoms with Crippen molar-refractivity contribution in [2.75, 3.05) is 0 Å². The molecule has 0 fully saturated rings. The van der Waals surface area contributed by atoms with Crippen LogP contribution in [0.3, 0.4) is 0 Å². The van der Waals surface area contributed by atoms with Gasteiger partial charge in [-0.15, -0.1) is 0 Å². The average molecular weight is 849 g/mol. The zero-order valence-corrected chi connectivity index (χ0v) is 36.5. The second-order valence-electron chi connectivity index (χ2n) is 18.0. The van der Waals surface area contributed by atoms with E-state index in [2.05, 4.69) is 243 Å². The maximum atomic E-state index is 5.39. The highest BCUT2D eigenvalue weighted by atomic mass is 14.9. The maximum absolute atomic E-state index is 5.39. The topological polar surface area (TPSA) is 25.8 Å². The Morgan fingerprint density at radius 3 is 1.45 bits per heavy atom. The van der Waals surface area contributed by atoms with Gasteiger partial charge >= 0.3 is 0 Å². The van der Waals surface area contributed by atoms with Crippen molar-refractivity contribution in [2.24, 2.45) is 0 Å². The molecule has 2 heteroatoms. The molecule has 0 saturated heterocycles. The molecule has 0 radical (unpaired) electrons. The highest BCUT2D eigenvalue weighted by Gasteiger charge is 2.51. The maximum Gasteiger partial charge on any atom is 0.160 e. The molecule has 2 aliphatic rings. The molecule has 0 bridgehead atoms. The van der Waals surface area contributed by atoms with Crippen LogP contribution in [0.5, 0.6) is 0 Å². The lowest BCUT2D eigenvalue weighted by Gasteiger charge is -2.30. The molecule has 0 amide bonds. The van der Waals surface area contributed by atoms with Gasteiger partial charge in [0.1, 0.15) is 0 Å². The first kappa shape index (κ1) is 37.6. The standard InChI is InChI=1S/C65H40N2/c1-2-14-41(15-3-1)42-26-32-46(33-27-42)64-66-61(44-28-30-45(31-29-44)63-50-19-7-5-17-47(50)38-55-49-18-6-4-16-43(49)34-36-54(55)63)40-62(67-64)48-35-37-60-56(39-48)53-22-10-13-25-59(53)65(60)57-23-11-8-20-51(57)52-21-9-12-24-58(52)65/h1-40H. The molecule has 1 aromatic heterocycles. The van der Waals surface area contributed by atoms with Gasteiger partial charge in [-0.25, -0.2) is 9.97 Å². The summed E-state index contributed by atoms with van der Waals surface area (Å²) in [5.74, 6) is 0.694. The summed E-state index contributed by atoms with van der Waals surface area (Å²) < 4.78 is 0. The van der Waals surface area contributed by atoms with Crippen LogP contribution in [0, 0.1) is 0 Å². The highest BCUT2D eigenvalue weighted by molar-refractivity contribution is 6.20. The van der Waals surface area contributed by atoms with E-state index >= 15 is 0 Å². The van der Waals surface area contributed by atoms with Gasteiger partial charge in [-0.05, 0) is 117 Å². The van der Waals surface area contributed by atoms with E-state index in [-0.39, 0.29) is 0 Å². The Labute approximate surface area is 389 Å². The van der Waals surface area contributed by atoms with Gasteiger partial charge in [0.25, 0.3) is 0 Å². The normalized spacial score (nSPS) is 12.9. The molecule has 0 atom stereocenters. The first-order valence-corrected chi connectivity index (χ1v) is 23.1. The molecule has 2 aliphatic carbocycles. The van der Waals surface area contributed by atoms with Crippen molar-refractivity contribution in [3.8, 4) is 78.4 Å². The van der Waals surface area contributed by atoms with Crippen molar-refractivity contribution in [1.29, 1.82) is 0 Å². The van der Waals surface area contributed by atoms with Crippen molar-refractivity contribution < 1.29 is 0 Å². The fourth-order valence-electron chi connectivity index (χ4n) is 11.5. The molecule has 0 aliphatic heterocycles. The summed E-state index contributed by atoms with van der Waals surface area (Å²) in [5, 5.41) is 7.51. The lowest BCUT2D eigenvalue weighted by atomic mass is 9.70. The molecule has 0 saturated carbocycles. The van der Waals surface area contributed by atoms with Crippen LogP contribution in [0.4, 0.5) is 0 Å². The van der Waals surface area contributed by atoms with E-state index in [1.165, 1.54) is 93.5 Å². The van der Waals surface area contributed by atoms with Gasteiger partial charge in [-0.3, -0.25) is 0 Å². The lowest BCUT2D eigenvalue weighted by molar-refractivity contribution is 0.794. The van der Waals surface area contributed by atoms with Crippen LogP contribution in [0.2, 0.25) is 0 Å². The summed E-state index contributed by atoms with van der Waals surface area (Å²) in [4.78, 5) is 10.7. The van der Waals surface area contributed by atoms with Gasteiger partial charge in [-0.1, -0.05) is 224 Å². The van der Waals surface area contributed by atoms with Gasteiger partial charge in [0.15, 0.2) is 5.82 Å². The molecule has 14 rings (SSSR count). The minimum atomic E-state index is -0.398. The fourth-order valence-corrected chi connectivity index (χ4v) is 11.5. The van der Waals surface area contributed by atoms with Crippen LogP contribution in [0.15, 0.2) is 243 Å². The quantitative estimate of drug-likeness (QED) is 0.127. The van der Waals surface area contributed by atoms with E-state index in [9.17, 15) is 0 Å². The second-order valence-corrected chi connectivity index (χ2v) is 18.0. The molecule has 0 unspecified atom stereocenters. The number of benzene rings is 11. The van der Waals surface area contributed by atoms with Gasteiger partial charge in [0.2, 0.25) is 0 Å². The minimum absolute atomic E-state index is 0.398. The Morgan fingerprint density at radius 2 is 0.746 bits per heavy atom. The summed E-state index contributed by atoms with van der Waals surface area (Å²) in [5.41, 5.74) is 19.6. The molecule has 11 aromatic carbocycles. The van der Waals surface area contributed by atoms with Crippen molar-refractivity contribution in [3.63, 3.8) is 0 Å². The molecular formula is C65H40N2. The van der Waals surface area contributed by atoms with Gasteiger partial charge in [0, 0.05) is 16.7 Å². The van der Waals surface area contributed by atoms with Crippen LogP contribution in [-0.4, -0.2) is 9.97 Å². The van der Waals surface area contributed by atoms with Gasteiger partial charge < -0.3 is 0 Å². The Bertz CT molecular complexity index is 3910. The summed E-state index contributed by atoms with van der Waals surface area (Å²) in [6, 6.07) is 88.7. The molecule has 67 heavy (non-hydrogen) atoms. The first-order chi connectivity index (χ1) is 33.2. The van der Waals surface area contributed by atoms with Crippen LogP contribution >= 0.6 is 0 Å². The predicted molar refractivity (Wildman–Crippen MR) is 278 cm³/mol. The Morgan fingerprint density at radius 1 is 0.254 bits per heavy atom. The minimum Gasteiger partial charge on any atom is -0.228 e. The van der Waals surface area contributed by atoms with Crippen LogP contribution in [-0.2, 0) is 5.41 Å². The first-order valence-electron chi connectivity index (χ1n) is 23.1. The molecule has 2 nitrogen and oxygen atoms in total. The molecular weight excluding hydrogens is 809 g/mol. The zero-order valence-electron chi connectivity index (χ0n) is 36.5. The number of hydrogen-bond donors (Lipinski definition) is 0. The SMILES string of the molecule is c1ccc(-c2ccc(-c3nc(-c4ccc(-c5c6ccccc6cc6c5ccc5ccccc56)cc4)cc(-c4ccc5c(c4)-c4ccccc4C54c5ccccc5-c5ccccc54)n3)cc2)cc1. The van der Waals surface area contributed by atoms with E-state index in [4.69, 9.17) is 9.97 Å². The summed E-state index contributed by atoms with van der Waals surface area (Å²) in [6.45, 7) is 0. The Balaban J connectivity index is 0.934. The van der Waals surface area contributed by atoms with Crippen LogP contribution < -0.4 is 0 Å².